The molecule has 0 spiro atoms. The van der Waals surface area contributed by atoms with E-state index in [0.29, 0.717) is 34.9 Å². The van der Waals surface area contributed by atoms with Gasteiger partial charge in [0.05, 0.1) is 17.1 Å². The fourth-order valence-corrected chi connectivity index (χ4v) is 6.23. The first-order valence-corrected chi connectivity index (χ1v) is 12.7. The molecule has 1 aliphatic rings. The largest absolute Gasteiger partial charge is 0.326 e. The van der Waals surface area contributed by atoms with Crippen LogP contribution < -0.4 is 5.32 Å². The van der Waals surface area contributed by atoms with Gasteiger partial charge in [-0.3, -0.25) is 4.79 Å². The number of amides is 1. The first-order chi connectivity index (χ1) is 15.7. The van der Waals surface area contributed by atoms with E-state index >= 15 is 0 Å². The molecule has 3 aromatic rings. The number of nitrogens with one attached hydrogen (secondary N) is 1. The number of para-hydroxylation sites is 1. The third-order valence-corrected chi connectivity index (χ3v) is 8.65. The second kappa shape index (κ2) is 9.29. The Bertz CT molecular complexity index is 1280. The van der Waals surface area contributed by atoms with Gasteiger partial charge in [0.25, 0.3) is 0 Å². The number of aromatic nitrogens is 2. The van der Waals surface area contributed by atoms with Crippen LogP contribution in [0.15, 0.2) is 53.4 Å². The molecule has 0 bridgehead atoms. The number of piperidine rings is 1. The van der Waals surface area contributed by atoms with Crippen LogP contribution in [0.5, 0.6) is 0 Å². The molecule has 4 rings (SSSR count). The zero-order valence-electron chi connectivity index (χ0n) is 18.9. The lowest BCUT2D eigenvalue weighted by Crippen LogP contribution is -2.41. The highest BCUT2D eigenvalue weighted by Gasteiger charge is 2.35. The smallest absolute Gasteiger partial charge is 0.246 e. The van der Waals surface area contributed by atoms with Crippen molar-refractivity contribution < 1.29 is 13.2 Å². The van der Waals surface area contributed by atoms with Gasteiger partial charge < -0.3 is 5.32 Å². The molecule has 2 heterocycles. The summed E-state index contributed by atoms with van der Waals surface area (Å²) in [5, 5.41) is 7.97. The number of aryl methyl sites for hydroxylation is 2. The normalized spacial score (nSPS) is 15.5. The van der Waals surface area contributed by atoms with E-state index in [1.54, 1.807) is 24.6 Å². The molecule has 33 heavy (non-hydrogen) atoms. The average molecular weight is 487 g/mol. The predicted octanol–water partition coefficient (Wildman–Crippen LogP) is 4.49. The number of carbonyl (C=O) groups excluding carboxylic acids is 1. The minimum atomic E-state index is -3.73. The molecule has 0 atom stereocenters. The molecule has 0 aliphatic carbocycles. The molecule has 1 amide bonds. The lowest BCUT2D eigenvalue weighted by atomic mass is 9.97. The third-order valence-electron chi connectivity index (χ3n) is 6.09. The molecule has 9 heteroatoms. The van der Waals surface area contributed by atoms with Crippen LogP contribution in [-0.2, 0) is 14.8 Å². The maximum atomic E-state index is 13.5. The summed E-state index contributed by atoms with van der Waals surface area (Å²) in [6.45, 7) is 5.95. The Morgan fingerprint density at radius 1 is 1.06 bits per heavy atom. The maximum Gasteiger partial charge on any atom is 0.246 e. The molecule has 1 saturated heterocycles. The summed E-state index contributed by atoms with van der Waals surface area (Å²) < 4.78 is 30.1. The zero-order valence-corrected chi connectivity index (χ0v) is 20.4. The summed E-state index contributed by atoms with van der Waals surface area (Å²) in [4.78, 5) is 13.0. The second-order valence-electron chi connectivity index (χ2n) is 8.38. The van der Waals surface area contributed by atoms with Gasteiger partial charge in [-0.1, -0.05) is 35.9 Å². The fourth-order valence-electron chi connectivity index (χ4n) is 4.22. The van der Waals surface area contributed by atoms with Gasteiger partial charge in [-0.05, 0) is 63.4 Å². The number of rotatable bonds is 5. The van der Waals surface area contributed by atoms with Crippen molar-refractivity contribution in [3.63, 3.8) is 0 Å². The molecule has 1 aliphatic heterocycles. The SMILES string of the molecule is Cc1ccc(NC(=O)C2CCN(S(=O)(=O)c3c(C)nn(-c4ccccc4)c3C)CC2)cc1Cl. The number of hydrogen-bond donors (Lipinski definition) is 1. The molecular weight excluding hydrogens is 460 g/mol. The number of benzene rings is 2. The molecule has 174 valence electrons. The molecule has 1 aromatic heterocycles. The van der Waals surface area contributed by atoms with Crippen LogP contribution in [0.2, 0.25) is 5.02 Å². The number of anilines is 1. The van der Waals surface area contributed by atoms with Crippen molar-refractivity contribution in [3.8, 4) is 5.69 Å². The van der Waals surface area contributed by atoms with Gasteiger partial charge in [0.15, 0.2) is 0 Å². The van der Waals surface area contributed by atoms with Crippen LogP contribution in [0.25, 0.3) is 5.69 Å². The highest BCUT2D eigenvalue weighted by atomic mass is 35.5. The van der Waals surface area contributed by atoms with E-state index in [2.05, 4.69) is 10.4 Å². The van der Waals surface area contributed by atoms with Gasteiger partial charge >= 0.3 is 0 Å². The zero-order chi connectivity index (χ0) is 23.8. The van der Waals surface area contributed by atoms with E-state index in [0.717, 1.165) is 11.3 Å². The van der Waals surface area contributed by atoms with Crippen molar-refractivity contribution in [2.75, 3.05) is 18.4 Å². The highest BCUT2D eigenvalue weighted by molar-refractivity contribution is 7.89. The molecule has 1 N–H and O–H groups in total. The summed E-state index contributed by atoms with van der Waals surface area (Å²) in [6.07, 6.45) is 0.908. The quantitative estimate of drug-likeness (QED) is 0.575. The monoisotopic (exact) mass is 486 g/mol. The van der Waals surface area contributed by atoms with Crippen LogP contribution in [0.3, 0.4) is 0 Å². The number of sulfonamides is 1. The Morgan fingerprint density at radius 2 is 1.73 bits per heavy atom. The van der Waals surface area contributed by atoms with E-state index < -0.39 is 10.0 Å². The molecule has 0 saturated carbocycles. The van der Waals surface area contributed by atoms with Gasteiger partial charge in [0.1, 0.15) is 4.90 Å². The van der Waals surface area contributed by atoms with Crippen molar-refractivity contribution >= 4 is 33.2 Å². The van der Waals surface area contributed by atoms with Crippen LogP contribution in [-0.4, -0.2) is 41.5 Å². The molecule has 1 fully saturated rings. The van der Waals surface area contributed by atoms with Gasteiger partial charge in [0.2, 0.25) is 15.9 Å². The predicted molar refractivity (Wildman–Crippen MR) is 129 cm³/mol. The fraction of sp³-hybridized carbons (Fsp3) is 0.333. The van der Waals surface area contributed by atoms with Crippen molar-refractivity contribution in [2.45, 2.75) is 38.5 Å². The van der Waals surface area contributed by atoms with E-state index in [1.807, 2.05) is 49.4 Å². The standard InChI is InChI=1S/C24H27ClN4O3S/c1-16-9-10-20(15-22(16)25)26-24(30)19-11-13-28(14-12-19)33(31,32)23-17(2)27-29(18(23)3)21-7-5-4-6-8-21/h4-10,15,19H,11-14H2,1-3H3,(H,26,30). The number of halogens is 1. The summed E-state index contributed by atoms with van der Waals surface area (Å²) in [5.74, 6) is -0.373. The summed E-state index contributed by atoms with van der Waals surface area (Å²) in [5.41, 5.74) is 3.44. The van der Waals surface area contributed by atoms with E-state index in [9.17, 15) is 13.2 Å². The van der Waals surface area contributed by atoms with Gasteiger partial charge in [-0.25, -0.2) is 13.1 Å². The lowest BCUT2D eigenvalue weighted by molar-refractivity contribution is -0.120. The summed E-state index contributed by atoms with van der Waals surface area (Å²) in [6, 6.07) is 14.9. The number of nitrogens with zero attached hydrogens (tertiary/aromatic N) is 3. The third kappa shape index (κ3) is 4.69. The van der Waals surface area contributed by atoms with Crippen LogP contribution >= 0.6 is 11.6 Å². The topological polar surface area (TPSA) is 84.3 Å². The van der Waals surface area contributed by atoms with Gasteiger partial charge in [-0.2, -0.15) is 9.40 Å². The first kappa shape index (κ1) is 23.5. The van der Waals surface area contributed by atoms with Crippen LogP contribution in [0.4, 0.5) is 5.69 Å². The summed E-state index contributed by atoms with van der Waals surface area (Å²) in [7, 11) is -3.73. The average Bonchev–Trinajstić information content (AvgIpc) is 3.11. The Kier molecular flexibility index (Phi) is 6.61. The molecule has 2 aromatic carbocycles. The highest BCUT2D eigenvalue weighted by Crippen LogP contribution is 2.30. The Hall–Kier alpha value is -2.68. The van der Waals surface area contributed by atoms with Crippen LogP contribution in [0, 0.1) is 26.7 Å². The Balaban J connectivity index is 1.47. The molecule has 0 radical (unpaired) electrons. The van der Waals surface area contributed by atoms with Gasteiger partial charge in [-0.15, -0.1) is 0 Å². The Labute approximate surface area is 199 Å². The van der Waals surface area contributed by atoms with Crippen LogP contribution in [0.1, 0.15) is 29.8 Å². The second-order valence-corrected chi connectivity index (χ2v) is 10.7. The van der Waals surface area contributed by atoms with E-state index in [1.165, 1.54) is 4.31 Å². The van der Waals surface area contributed by atoms with Crippen molar-refractivity contribution in [1.82, 2.24) is 14.1 Å². The first-order valence-electron chi connectivity index (χ1n) is 10.9. The lowest BCUT2D eigenvalue weighted by Gasteiger charge is -2.30. The number of hydrogen-bond acceptors (Lipinski definition) is 4. The Morgan fingerprint density at radius 3 is 2.36 bits per heavy atom. The van der Waals surface area contributed by atoms with E-state index in [4.69, 9.17) is 11.6 Å². The van der Waals surface area contributed by atoms with Crippen molar-refractivity contribution in [3.05, 3.63) is 70.5 Å². The molecule has 7 nitrogen and oxygen atoms in total. The van der Waals surface area contributed by atoms with Crippen molar-refractivity contribution in [1.29, 1.82) is 0 Å². The minimum Gasteiger partial charge on any atom is -0.326 e. The van der Waals surface area contributed by atoms with E-state index in [-0.39, 0.29) is 29.8 Å². The van der Waals surface area contributed by atoms with Crippen molar-refractivity contribution in [2.24, 2.45) is 5.92 Å². The van der Waals surface area contributed by atoms with Gasteiger partial charge in [0, 0.05) is 29.7 Å². The minimum absolute atomic E-state index is 0.115. The maximum absolute atomic E-state index is 13.5. The molecular formula is C24H27ClN4O3S. The molecule has 0 unspecified atom stereocenters. The number of carbonyl (C=O) groups is 1. The summed E-state index contributed by atoms with van der Waals surface area (Å²) >= 11 is 6.15.